The predicted octanol–water partition coefficient (Wildman–Crippen LogP) is 1.80. The number of amides is 1. The Bertz CT molecular complexity index is 486. The lowest BCUT2D eigenvalue weighted by molar-refractivity contribution is -0.133. The van der Waals surface area contributed by atoms with E-state index in [0.717, 1.165) is 31.5 Å². The minimum Gasteiger partial charge on any atom is -0.493 e. The van der Waals surface area contributed by atoms with E-state index >= 15 is 0 Å². The topological polar surface area (TPSA) is 50.8 Å². The second-order valence-corrected chi connectivity index (χ2v) is 5.22. The molecule has 0 atom stereocenters. The van der Waals surface area contributed by atoms with Crippen LogP contribution >= 0.6 is 0 Å². The Morgan fingerprint density at radius 1 is 1.38 bits per heavy atom. The highest BCUT2D eigenvalue weighted by Gasteiger charge is 2.31. The largest absolute Gasteiger partial charge is 0.493 e. The van der Waals surface area contributed by atoms with Gasteiger partial charge in [0, 0.05) is 19.1 Å². The second kappa shape index (κ2) is 7.31. The van der Waals surface area contributed by atoms with Gasteiger partial charge < -0.3 is 19.7 Å². The van der Waals surface area contributed by atoms with Crippen LogP contribution < -0.4 is 14.8 Å². The molecule has 0 radical (unpaired) electrons. The van der Waals surface area contributed by atoms with Crippen LogP contribution in [0.2, 0.25) is 0 Å². The lowest BCUT2D eigenvalue weighted by Gasteiger charge is -2.21. The van der Waals surface area contributed by atoms with Gasteiger partial charge in [0.05, 0.1) is 7.11 Å². The Kier molecular flexibility index (Phi) is 5.44. The number of nitrogens with zero attached hydrogens (tertiary/aromatic N) is 1. The quantitative estimate of drug-likeness (QED) is 0.794. The van der Waals surface area contributed by atoms with Gasteiger partial charge in [-0.1, -0.05) is 6.07 Å². The van der Waals surface area contributed by atoms with Crippen LogP contribution in [-0.4, -0.2) is 44.2 Å². The van der Waals surface area contributed by atoms with Crippen molar-refractivity contribution in [2.75, 3.05) is 27.3 Å². The fourth-order valence-corrected chi connectivity index (χ4v) is 2.39. The van der Waals surface area contributed by atoms with E-state index in [0.29, 0.717) is 17.5 Å². The molecule has 1 saturated carbocycles. The number of benzene rings is 1. The number of hydrogen-bond donors (Lipinski definition) is 1. The van der Waals surface area contributed by atoms with E-state index in [4.69, 9.17) is 9.47 Å². The van der Waals surface area contributed by atoms with Crippen molar-refractivity contribution < 1.29 is 14.3 Å². The van der Waals surface area contributed by atoms with Gasteiger partial charge in [-0.05, 0) is 44.5 Å². The first-order valence-corrected chi connectivity index (χ1v) is 7.43. The van der Waals surface area contributed by atoms with Crippen molar-refractivity contribution in [3.63, 3.8) is 0 Å². The SMILES string of the molecule is CCN(C(=O)COc1cc(CNC)ccc1OC)C1CC1. The van der Waals surface area contributed by atoms with Crippen molar-refractivity contribution in [1.29, 1.82) is 0 Å². The van der Waals surface area contributed by atoms with Crippen LogP contribution in [0.4, 0.5) is 0 Å². The van der Waals surface area contributed by atoms with Crippen LogP contribution in [0.25, 0.3) is 0 Å². The zero-order valence-corrected chi connectivity index (χ0v) is 13.0. The maximum absolute atomic E-state index is 12.2. The molecule has 116 valence electrons. The zero-order valence-electron chi connectivity index (χ0n) is 13.0. The lowest BCUT2D eigenvalue weighted by Crippen LogP contribution is -2.36. The third-order valence-electron chi connectivity index (χ3n) is 3.61. The monoisotopic (exact) mass is 292 g/mol. The molecule has 0 spiro atoms. The Morgan fingerprint density at radius 3 is 2.71 bits per heavy atom. The molecule has 0 aromatic heterocycles. The van der Waals surface area contributed by atoms with Gasteiger partial charge in [0.25, 0.3) is 5.91 Å². The van der Waals surface area contributed by atoms with Gasteiger partial charge in [-0.25, -0.2) is 0 Å². The van der Waals surface area contributed by atoms with Crippen LogP contribution in [0.15, 0.2) is 18.2 Å². The first-order valence-electron chi connectivity index (χ1n) is 7.43. The molecule has 1 amide bonds. The van der Waals surface area contributed by atoms with Crippen LogP contribution in [0.1, 0.15) is 25.3 Å². The number of hydrogen-bond acceptors (Lipinski definition) is 4. The third kappa shape index (κ3) is 4.11. The van der Waals surface area contributed by atoms with Crippen molar-refractivity contribution >= 4 is 5.91 Å². The molecule has 5 heteroatoms. The number of carbonyl (C=O) groups excluding carboxylic acids is 1. The standard InChI is InChI=1S/C16H24N2O3/c1-4-18(13-6-7-13)16(19)11-21-15-9-12(10-17-2)5-8-14(15)20-3/h5,8-9,13,17H,4,6-7,10-11H2,1-3H3. The average molecular weight is 292 g/mol. The van der Waals surface area contributed by atoms with E-state index in [2.05, 4.69) is 5.32 Å². The molecule has 5 nitrogen and oxygen atoms in total. The van der Waals surface area contributed by atoms with Crippen molar-refractivity contribution in [3.05, 3.63) is 23.8 Å². The van der Waals surface area contributed by atoms with Gasteiger partial charge in [0.1, 0.15) is 0 Å². The highest BCUT2D eigenvalue weighted by molar-refractivity contribution is 5.78. The number of methoxy groups -OCH3 is 1. The molecule has 0 unspecified atom stereocenters. The molecule has 1 aliphatic rings. The minimum atomic E-state index is 0.0427. The van der Waals surface area contributed by atoms with Crippen molar-refractivity contribution in [2.24, 2.45) is 0 Å². The Balaban J connectivity index is 2.00. The van der Waals surface area contributed by atoms with E-state index in [1.54, 1.807) is 7.11 Å². The summed E-state index contributed by atoms with van der Waals surface area (Å²) in [5, 5.41) is 3.09. The summed E-state index contributed by atoms with van der Waals surface area (Å²) in [6.07, 6.45) is 2.22. The molecule has 0 aliphatic heterocycles. The summed E-state index contributed by atoms with van der Waals surface area (Å²) >= 11 is 0. The molecular weight excluding hydrogens is 268 g/mol. The molecule has 0 bridgehead atoms. The van der Waals surface area contributed by atoms with E-state index < -0.39 is 0 Å². The first-order chi connectivity index (χ1) is 10.2. The molecule has 2 rings (SSSR count). The summed E-state index contributed by atoms with van der Waals surface area (Å²) in [5.41, 5.74) is 1.09. The fraction of sp³-hybridized carbons (Fsp3) is 0.562. The van der Waals surface area contributed by atoms with E-state index in [1.165, 1.54) is 0 Å². The van der Waals surface area contributed by atoms with Crippen LogP contribution in [0.5, 0.6) is 11.5 Å². The van der Waals surface area contributed by atoms with Crippen LogP contribution in [0.3, 0.4) is 0 Å². The van der Waals surface area contributed by atoms with Gasteiger partial charge in [0.2, 0.25) is 0 Å². The highest BCUT2D eigenvalue weighted by Crippen LogP contribution is 2.29. The summed E-state index contributed by atoms with van der Waals surface area (Å²) in [4.78, 5) is 14.1. The van der Waals surface area contributed by atoms with Crippen molar-refractivity contribution in [2.45, 2.75) is 32.4 Å². The Morgan fingerprint density at radius 2 is 2.14 bits per heavy atom. The molecule has 1 fully saturated rings. The van der Waals surface area contributed by atoms with Crippen LogP contribution in [0, 0.1) is 0 Å². The number of carbonyl (C=O) groups is 1. The molecule has 1 aromatic rings. The lowest BCUT2D eigenvalue weighted by atomic mass is 10.2. The van der Waals surface area contributed by atoms with Gasteiger partial charge in [-0.3, -0.25) is 4.79 Å². The van der Waals surface area contributed by atoms with E-state index in [-0.39, 0.29) is 12.5 Å². The fourth-order valence-electron chi connectivity index (χ4n) is 2.39. The van der Waals surface area contributed by atoms with Gasteiger partial charge >= 0.3 is 0 Å². The molecule has 0 saturated heterocycles. The maximum Gasteiger partial charge on any atom is 0.260 e. The normalized spacial score (nSPS) is 13.9. The molecule has 1 aliphatic carbocycles. The van der Waals surface area contributed by atoms with Crippen molar-refractivity contribution in [3.8, 4) is 11.5 Å². The summed E-state index contributed by atoms with van der Waals surface area (Å²) in [5.74, 6) is 1.31. The van der Waals surface area contributed by atoms with Gasteiger partial charge in [0.15, 0.2) is 18.1 Å². The van der Waals surface area contributed by atoms with E-state index in [9.17, 15) is 4.79 Å². The van der Waals surface area contributed by atoms with Crippen LogP contribution in [-0.2, 0) is 11.3 Å². The Labute approximate surface area is 126 Å². The second-order valence-electron chi connectivity index (χ2n) is 5.22. The number of likely N-dealkylation sites (N-methyl/N-ethyl adjacent to an activating group) is 1. The van der Waals surface area contributed by atoms with Crippen molar-refractivity contribution in [1.82, 2.24) is 10.2 Å². The van der Waals surface area contributed by atoms with Gasteiger partial charge in [-0.2, -0.15) is 0 Å². The molecule has 1 aromatic carbocycles. The summed E-state index contributed by atoms with van der Waals surface area (Å²) < 4.78 is 11.0. The predicted molar refractivity (Wildman–Crippen MR) is 81.7 cm³/mol. The average Bonchev–Trinajstić information content (AvgIpc) is 3.31. The molecule has 1 N–H and O–H groups in total. The summed E-state index contributed by atoms with van der Waals surface area (Å²) in [7, 11) is 3.49. The molecule has 0 heterocycles. The van der Waals surface area contributed by atoms with E-state index in [1.807, 2.05) is 37.1 Å². The maximum atomic E-state index is 12.2. The first kappa shape index (κ1) is 15.6. The minimum absolute atomic E-state index is 0.0427. The Hall–Kier alpha value is -1.75. The third-order valence-corrected chi connectivity index (χ3v) is 3.61. The molecular formula is C16H24N2O3. The smallest absolute Gasteiger partial charge is 0.260 e. The highest BCUT2D eigenvalue weighted by atomic mass is 16.5. The molecule has 21 heavy (non-hydrogen) atoms. The number of nitrogens with one attached hydrogen (secondary N) is 1. The summed E-state index contributed by atoms with van der Waals surface area (Å²) in [6.45, 7) is 3.55. The van der Waals surface area contributed by atoms with Gasteiger partial charge in [-0.15, -0.1) is 0 Å². The summed E-state index contributed by atoms with van der Waals surface area (Å²) in [6, 6.07) is 6.18. The number of ether oxygens (including phenoxy) is 2. The number of rotatable bonds is 8. The zero-order chi connectivity index (χ0) is 15.2.